The molecular formula is C21H17FN4O2. The number of nitrogens with zero attached hydrogens (tertiary/aromatic N) is 3. The Morgan fingerprint density at radius 2 is 1.79 bits per heavy atom. The highest BCUT2D eigenvalue weighted by Gasteiger charge is 2.23. The third-order valence-corrected chi connectivity index (χ3v) is 4.41. The average molecular weight is 376 g/mol. The Bertz CT molecular complexity index is 1160. The predicted molar refractivity (Wildman–Crippen MR) is 103 cm³/mol. The lowest BCUT2D eigenvalue weighted by molar-refractivity contribution is 0.0950. The second-order valence-corrected chi connectivity index (χ2v) is 6.46. The molecule has 6 nitrogen and oxygen atoms in total. The first-order valence-corrected chi connectivity index (χ1v) is 8.70. The Labute approximate surface area is 160 Å². The molecule has 2 heterocycles. The zero-order valence-corrected chi connectivity index (χ0v) is 15.1. The van der Waals surface area contributed by atoms with Crippen molar-refractivity contribution in [3.05, 3.63) is 94.3 Å². The monoisotopic (exact) mass is 376 g/mol. The van der Waals surface area contributed by atoms with Crippen molar-refractivity contribution in [3.63, 3.8) is 0 Å². The molecular weight excluding hydrogens is 359 g/mol. The fourth-order valence-corrected chi connectivity index (χ4v) is 3.03. The molecule has 0 fully saturated rings. The number of aromatic nitrogens is 3. The third kappa shape index (κ3) is 3.29. The van der Waals surface area contributed by atoms with E-state index in [4.69, 9.17) is 0 Å². The summed E-state index contributed by atoms with van der Waals surface area (Å²) in [5.74, 6) is -0.690. The van der Waals surface area contributed by atoms with Gasteiger partial charge in [-0.1, -0.05) is 30.3 Å². The summed E-state index contributed by atoms with van der Waals surface area (Å²) in [5.41, 5.74) is 2.11. The molecule has 1 amide bonds. The van der Waals surface area contributed by atoms with Crippen LogP contribution in [0.5, 0.6) is 0 Å². The number of carbonyl (C=O) groups excluding carboxylic acids is 1. The van der Waals surface area contributed by atoms with Gasteiger partial charge in [-0.25, -0.2) is 4.39 Å². The highest BCUT2D eigenvalue weighted by atomic mass is 19.1. The number of halogens is 1. The van der Waals surface area contributed by atoms with Crippen LogP contribution in [0.4, 0.5) is 4.39 Å². The zero-order valence-electron chi connectivity index (χ0n) is 15.1. The quantitative estimate of drug-likeness (QED) is 0.595. The van der Waals surface area contributed by atoms with Crippen LogP contribution in [0.3, 0.4) is 0 Å². The summed E-state index contributed by atoms with van der Waals surface area (Å²) in [6, 6.07) is 14.9. The van der Waals surface area contributed by atoms with E-state index in [1.807, 2.05) is 18.2 Å². The third-order valence-electron chi connectivity index (χ3n) is 4.41. The lowest BCUT2D eigenvalue weighted by atomic mass is 10.1. The van der Waals surface area contributed by atoms with Crippen molar-refractivity contribution in [2.24, 2.45) is 7.05 Å². The van der Waals surface area contributed by atoms with Gasteiger partial charge in [0.25, 0.3) is 11.5 Å². The standard InChI is InChI=1S/C21H17FN4O2/c1-25-12-17(20(27)23-11-14-7-9-15(22)10-8-14)19-18(13-25)21(28)26(24-19)16-5-3-2-4-6-16/h2-10,12-13H,11H2,1H3,(H,23,27). The Kier molecular flexibility index (Phi) is 4.49. The van der Waals surface area contributed by atoms with Crippen LogP contribution in [-0.4, -0.2) is 20.3 Å². The number of hydrogen-bond donors (Lipinski definition) is 1. The molecule has 7 heteroatoms. The molecule has 0 unspecified atom stereocenters. The molecule has 4 rings (SSSR count). The molecule has 28 heavy (non-hydrogen) atoms. The molecule has 0 spiro atoms. The maximum Gasteiger partial charge on any atom is 0.282 e. The van der Waals surface area contributed by atoms with Gasteiger partial charge in [0.2, 0.25) is 0 Å². The van der Waals surface area contributed by atoms with E-state index in [1.54, 1.807) is 48.3 Å². The first kappa shape index (κ1) is 17.7. The van der Waals surface area contributed by atoms with E-state index in [1.165, 1.54) is 16.8 Å². The predicted octanol–water partition coefficient (Wildman–Crippen LogP) is 2.74. The zero-order chi connectivity index (χ0) is 19.7. The number of hydrogen-bond acceptors (Lipinski definition) is 3. The minimum atomic E-state index is -0.358. The maximum absolute atomic E-state index is 13.0. The van der Waals surface area contributed by atoms with Gasteiger partial charge in [-0.15, -0.1) is 0 Å². The topological polar surface area (TPSA) is 68.9 Å². The second kappa shape index (κ2) is 7.11. The van der Waals surface area contributed by atoms with Gasteiger partial charge in [0.05, 0.1) is 16.8 Å². The van der Waals surface area contributed by atoms with Crippen LogP contribution in [0.25, 0.3) is 16.9 Å². The number of fused-ring (bicyclic) bond motifs is 1. The summed E-state index contributed by atoms with van der Waals surface area (Å²) >= 11 is 0. The molecule has 0 aromatic heterocycles. The number of rotatable bonds is 4. The van der Waals surface area contributed by atoms with E-state index in [2.05, 4.69) is 10.4 Å². The summed E-state index contributed by atoms with van der Waals surface area (Å²) in [6.07, 6.45) is 3.28. The van der Waals surface area contributed by atoms with Crippen LogP contribution in [-0.2, 0) is 13.6 Å². The number of carbonyl (C=O) groups is 1. The average Bonchev–Trinajstić information content (AvgIpc) is 3.04. The summed E-state index contributed by atoms with van der Waals surface area (Å²) in [4.78, 5) is 25.5. The number of pyridine rings is 1. The molecule has 140 valence electrons. The van der Waals surface area contributed by atoms with Crippen molar-refractivity contribution in [2.75, 3.05) is 0 Å². The Morgan fingerprint density at radius 3 is 2.50 bits per heavy atom. The van der Waals surface area contributed by atoms with Crippen LogP contribution in [0.2, 0.25) is 0 Å². The van der Waals surface area contributed by atoms with E-state index < -0.39 is 0 Å². The van der Waals surface area contributed by atoms with Gasteiger partial charge >= 0.3 is 0 Å². The molecule has 0 radical (unpaired) electrons. The SMILES string of the molecule is Cn1cc(C(=O)NCc2ccc(F)cc2)c2nn(-c3ccccc3)c(=O)c-2c1. The van der Waals surface area contributed by atoms with Gasteiger partial charge in [0.15, 0.2) is 0 Å². The van der Waals surface area contributed by atoms with Crippen molar-refractivity contribution in [3.8, 4) is 16.9 Å². The first-order chi connectivity index (χ1) is 13.5. The summed E-state index contributed by atoms with van der Waals surface area (Å²) in [5, 5.41) is 7.19. The smallest absolute Gasteiger partial charge is 0.282 e. The molecule has 0 atom stereocenters. The van der Waals surface area contributed by atoms with Crippen LogP contribution in [0.15, 0.2) is 71.8 Å². The lowest BCUT2D eigenvalue weighted by Gasteiger charge is -2.10. The maximum atomic E-state index is 13.0. The normalized spacial score (nSPS) is 10.9. The van der Waals surface area contributed by atoms with Crippen LogP contribution < -0.4 is 10.9 Å². The van der Waals surface area contributed by atoms with E-state index in [0.29, 0.717) is 22.5 Å². The van der Waals surface area contributed by atoms with E-state index in [-0.39, 0.29) is 23.8 Å². The van der Waals surface area contributed by atoms with Gasteiger partial charge in [0, 0.05) is 26.0 Å². The first-order valence-electron chi connectivity index (χ1n) is 8.70. The molecule has 2 aliphatic heterocycles. The lowest BCUT2D eigenvalue weighted by Crippen LogP contribution is -2.24. The second-order valence-electron chi connectivity index (χ2n) is 6.46. The number of benzene rings is 2. The fourth-order valence-electron chi connectivity index (χ4n) is 3.03. The van der Waals surface area contributed by atoms with Gasteiger partial charge in [-0.05, 0) is 29.8 Å². The van der Waals surface area contributed by atoms with E-state index in [0.717, 1.165) is 5.56 Å². The van der Waals surface area contributed by atoms with E-state index in [9.17, 15) is 14.0 Å². The highest BCUT2D eigenvalue weighted by Crippen LogP contribution is 2.22. The van der Waals surface area contributed by atoms with Gasteiger partial charge < -0.3 is 9.88 Å². The molecule has 2 aliphatic rings. The van der Waals surface area contributed by atoms with Crippen molar-refractivity contribution in [1.29, 1.82) is 0 Å². The Morgan fingerprint density at radius 1 is 1.07 bits per heavy atom. The summed E-state index contributed by atoms with van der Waals surface area (Å²) in [6.45, 7) is 0.239. The molecule has 1 N–H and O–H groups in total. The van der Waals surface area contributed by atoms with Crippen molar-refractivity contribution in [1.82, 2.24) is 19.7 Å². The van der Waals surface area contributed by atoms with E-state index >= 15 is 0 Å². The molecule has 0 saturated heterocycles. The largest absolute Gasteiger partial charge is 0.356 e. The van der Waals surface area contributed by atoms with Crippen LogP contribution in [0.1, 0.15) is 15.9 Å². The van der Waals surface area contributed by atoms with Crippen LogP contribution >= 0.6 is 0 Å². The molecule has 0 saturated carbocycles. The van der Waals surface area contributed by atoms with Crippen molar-refractivity contribution < 1.29 is 9.18 Å². The molecule has 2 aromatic rings. The Hall–Kier alpha value is -3.74. The highest BCUT2D eigenvalue weighted by molar-refractivity contribution is 5.99. The summed E-state index contributed by atoms with van der Waals surface area (Å²) in [7, 11) is 1.75. The number of amides is 1. The number of aryl methyl sites for hydroxylation is 1. The van der Waals surface area contributed by atoms with Crippen molar-refractivity contribution >= 4 is 5.91 Å². The summed E-state index contributed by atoms with van der Waals surface area (Å²) < 4.78 is 16.0. The molecule has 2 aromatic carbocycles. The number of nitrogens with one attached hydrogen (secondary N) is 1. The molecule has 0 aliphatic carbocycles. The van der Waals surface area contributed by atoms with Gasteiger partial charge in [-0.3, -0.25) is 9.59 Å². The van der Waals surface area contributed by atoms with Crippen molar-refractivity contribution in [2.45, 2.75) is 6.54 Å². The number of para-hydroxylation sites is 1. The Balaban J connectivity index is 1.69. The van der Waals surface area contributed by atoms with Crippen LogP contribution in [0, 0.1) is 5.82 Å². The molecule has 0 bridgehead atoms. The van der Waals surface area contributed by atoms with Gasteiger partial charge in [0.1, 0.15) is 11.5 Å². The fraction of sp³-hybridized carbons (Fsp3) is 0.0952. The van der Waals surface area contributed by atoms with Gasteiger partial charge in [-0.2, -0.15) is 9.78 Å². The minimum absolute atomic E-state index is 0.239. The minimum Gasteiger partial charge on any atom is -0.356 e.